The molecule has 0 aliphatic heterocycles. The number of carbonyl (C=O) groups excluding carboxylic acids is 1. The molecule has 4 aromatic rings. The highest BCUT2D eigenvalue weighted by Gasteiger charge is 2.08. The molecule has 0 saturated heterocycles. The number of hydrogen-bond acceptors (Lipinski definition) is 5. The molecule has 32 heavy (non-hydrogen) atoms. The van der Waals surface area contributed by atoms with Crippen molar-refractivity contribution in [2.75, 3.05) is 11.9 Å². The Kier molecular flexibility index (Phi) is 6.45. The van der Waals surface area contributed by atoms with E-state index in [1.54, 1.807) is 54.6 Å². The smallest absolute Gasteiger partial charge is 0.349 e. The van der Waals surface area contributed by atoms with Crippen molar-refractivity contribution in [3.05, 3.63) is 103 Å². The minimum atomic E-state index is -0.621. The minimum absolute atomic E-state index is 0.139. The van der Waals surface area contributed by atoms with Crippen LogP contribution in [0.15, 0.2) is 87.5 Å². The van der Waals surface area contributed by atoms with Crippen LogP contribution in [0.5, 0.6) is 5.75 Å². The second-order valence-corrected chi connectivity index (χ2v) is 7.89. The summed E-state index contributed by atoms with van der Waals surface area (Å²) >= 11 is 2.08. The molecule has 0 aliphatic carbocycles. The molecule has 2 N–H and O–H groups in total. The molecule has 0 fully saturated rings. The zero-order valence-electron chi connectivity index (χ0n) is 16.6. The van der Waals surface area contributed by atoms with Gasteiger partial charge in [0, 0.05) is 5.69 Å². The number of amides is 1. The zero-order chi connectivity index (χ0) is 22.5. The Morgan fingerprint density at radius 1 is 1.06 bits per heavy atom. The molecule has 8 nitrogen and oxygen atoms in total. The van der Waals surface area contributed by atoms with Gasteiger partial charge in [-0.3, -0.25) is 9.59 Å². The Hall–Kier alpha value is -3.73. The largest absolute Gasteiger partial charge is 0.483 e. The number of anilines is 1. The molecule has 0 unspecified atom stereocenters. The summed E-state index contributed by atoms with van der Waals surface area (Å²) in [4.78, 5) is 39.4. The first-order valence-electron chi connectivity index (χ1n) is 9.57. The van der Waals surface area contributed by atoms with Crippen molar-refractivity contribution in [2.24, 2.45) is 5.10 Å². The van der Waals surface area contributed by atoms with Crippen molar-refractivity contribution < 1.29 is 9.53 Å². The van der Waals surface area contributed by atoms with E-state index in [9.17, 15) is 14.4 Å². The second kappa shape index (κ2) is 9.60. The van der Waals surface area contributed by atoms with Gasteiger partial charge in [-0.1, -0.05) is 30.3 Å². The number of nitrogens with one attached hydrogen (secondary N) is 2. The summed E-state index contributed by atoms with van der Waals surface area (Å²) in [6.45, 7) is -0.139. The van der Waals surface area contributed by atoms with Crippen LogP contribution >= 0.6 is 22.6 Å². The summed E-state index contributed by atoms with van der Waals surface area (Å²) in [5.74, 6) is 0.263. The van der Waals surface area contributed by atoms with E-state index in [1.807, 2.05) is 18.2 Å². The number of ether oxygens (including phenoxy) is 1. The maximum Gasteiger partial charge on any atom is 0.349 e. The maximum absolute atomic E-state index is 12.5. The van der Waals surface area contributed by atoms with E-state index in [1.165, 1.54) is 6.21 Å². The van der Waals surface area contributed by atoms with Gasteiger partial charge in [0.05, 0.1) is 20.7 Å². The Labute approximate surface area is 195 Å². The minimum Gasteiger partial charge on any atom is -0.483 e. The topological polar surface area (TPSA) is 106 Å². The molecule has 3 aromatic carbocycles. The van der Waals surface area contributed by atoms with Gasteiger partial charge in [-0.15, -0.1) is 4.68 Å². The highest BCUT2D eigenvalue weighted by molar-refractivity contribution is 14.1. The van der Waals surface area contributed by atoms with Crippen molar-refractivity contribution >= 4 is 51.3 Å². The van der Waals surface area contributed by atoms with E-state index in [2.05, 4.69) is 38.0 Å². The summed E-state index contributed by atoms with van der Waals surface area (Å²) < 4.78 is 7.13. The molecule has 1 amide bonds. The monoisotopic (exact) mass is 540 g/mol. The van der Waals surface area contributed by atoms with Gasteiger partial charge in [0.2, 0.25) is 0 Å². The standard InChI is InChI=1S/C23H17IN4O4/c24-18-12-15(10-11-20(18)32-14-21(29)26-16-6-2-1-3-7-16)13-25-28-22(30)17-8-4-5-9-19(17)27-23(28)31/h1-13H,14H2,(H,26,29)(H,27,31). The number of carbonyl (C=O) groups is 1. The van der Waals surface area contributed by atoms with Crippen molar-refractivity contribution in [1.29, 1.82) is 0 Å². The second-order valence-electron chi connectivity index (χ2n) is 6.73. The molecule has 1 heterocycles. The van der Waals surface area contributed by atoms with Gasteiger partial charge in [-0.25, -0.2) is 4.79 Å². The third kappa shape index (κ3) is 4.94. The average molecular weight is 540 g/mol. The fourth-order valence-corrected chi connectivity index (χ4v) is 3.65. The number of H-pyrrole nitrogens is 1. The van der Waals surface area contributed by atoms with Gasteiger partial charge in [0.1, 0.15) is 5.75 Å². The average Bonchev–Trinajstić information content (AvgIpc) is 2.79. The maximum atomic E-state index is 12.5. The van der Waals surface area contributed by atoms with Crippen LogP contribution < -0.4 is 21.3 Å². The fraction of sp³-hybridized carbons (Fsp3) is 0.0435. The van der Waals surface area contributed by atoms with Crippen LogP contribution in [-0.2, 0) is 4.79 Å². The number of hydrogen-bond donors (Lipinski definition) is 2. The molecule has 0 atom stereocenters. The van der Waals surface area contributed by atoms with E-state index >= 15 is 0 Å². The molecular formula is C23H17IN4O4. The van der Waals surface area contributed by atoms with Crippen molar-refractivity contribution in [1.82, 2.24) is 9.66 Å². The number of nitrogens with zero attached hydrogens (tertiary/aromatic N) is 2. The molecule has 9 heteroatoms. The Bertz CT molecular complexity index is 1430. The molecule has 4 rings (SSSR count). The molecule has 1 aromatic heterocycles. The normalized spacial score (nSPS) is 11.0. The summed E-state index contributed by atoms with van der Waals surface area (Å²) in [5.41, 5.74) is 0.696. The molecular weight excluding hydrogens is 523 g/mol. The van der Waals surface area contributed by atoms with Gasteiger partial charge >= 0.3 is 5.69 Å². The van der Waals surface area contributed by atoms with Crippen molar-refractivity contribution in [3.8, 4) is 5.75 Å². The third-order valence-corrected chi connectivity index (χ3v) is 5.32. The van der Waals surface area contributed by atoms with E-state index in [4.69, 9.17) is 4.74 Å². The molecule has 0 aliphatic rings. The lowest BCUT2D eigenvalue weighted by atomic mass is 10.2. The Balaban J connectivity index is 1.46. The van der Waals surface area contributed by atoms with Crippen LogP contribution in [0, 0.1) is 3.57 Å². The number of halogens is 1. The molecule has 0 saturated carbocycles. The highest BCUT2D eigenvalue weighted by atomic mass is 127. The van der Waals surface area contributed by atoms with Gasteiger partial charge in [-0.05, 0) is 70.6 Å². The van der Waals surface area contributed by atoms with Crippen LogP contribution in [0.1, 0.15) is 5.56 Å². The van der Waals surface area contributed by atoms with E-state index in [-0.39, 0.29) is 12.5 Å². The molecule has 160 valence electrons. The lowest BCUT2D eigenvalue weighted by molar-refractivity contribution is -0.118. The SMILES string of the molecule is O=C(COc1ccc(C=Nn2c(=O)[nH]c3ccccc3c2=O)cc1I)Nc1ccccc1. The van der Waals surface area contributed by atoms with E-state index in [0.717, 1.165) is 8.25 Å². The summed E-state index contributed by atoms with van der Waals surface area (Å²) in [6.07, 6.45) is 1.42. The lowest BCUT2D eigenvalue weighted by Gasteiger charge is -2.09. The van der Waals surface area contributed by atoms with Crippen molar-refractivity contribution in [3.63, 3.8) is 0 Å². The Morgan fingerprint density at radius 3 is 2.59 bits per heavy atom. The molecule has 0 radical (unpaired) electrons. The zero-order valence-corrected chi connectivity index (χ0v) is 18.8. The van der Waals surface area contributed by atoms with Crippen molar-refractivity contribution in [2.45, 2.75) is 0 Å². The fourth-order valence-electron chi connectivity index (χ4n) is 2.96. The van der Waals surface area contributed by atoms with E-state index < -0.39 is 11.2 Å². The Morgan fingerprint density at radius 2 is 1.81 bits per heavy atom. The van der Waals surface area contributed by atoms with Gasteiger partial charge in [0.15, 0.2) is 6.61 Å². The van der Waals surface area contributed by atoms with Gasteiger partial charge in [-0.2, -0.15) is 5.10 Å². The summed E-state index contributed by atoms with van der Waals surface area (Å²) in [6, 6.07) is 21.1. The van der Waals surface area contributed by atoms with Crippen LogP contribution in [-0.4, -0.2) is 28.4 Å². The lowest BCUT2D eigenvalue weighted by Crippen LogP contribution is -2.32. The van der Waals surface area contributed by atoms with Crippen LogP contribution in [0.3, 0.4) is 0 Å². The first-order chi connectivity index (χ1) is 15.5. The summed E-state index contributed by atoms with van der Waals surface area (Å²) in [7, 11) is 0. The first-order valence-corrected chi connectivity index (χ1v) is 10.6. The third-order valence-electron chi connectivity index (χ3n) is 4.48. The van der Waals surface area contributed by atoms with Crippen LogP contribution in [0.25, 0.3) is 10.9 Å². The van der Waals surface area contributed by atoms with Gasteiger partial charge in [0.25, 0.3) is 11.5 Å². The first kappa shape index (κ1) is 21.5. The number of para-hydroxylation sites is 2. The number of fused-ring (bicyclic) bond motifs is 1. The highest BCUT2D eigenvalue weighted by Crippen LogP contribution is 2.21. The number of aromatic amines is 1. The molecule has 0 bridgehead atoms. The van der Waals surface area contributed by atoms with Crippen LogP contribution in [0.4, 0.5) is 5.69 Å². The number of rotatable bonds is 6. The predicted octanol–water partition coefficient (Wildman–Crippen LogP) is 3.19. The number of aromatic nitrogens is 2. The predicted molar refractivity (Wildman–Crippen MR) is 132 cm³/mol. The van der Waals surface area contributed by atoms with E-state index in [0.29, 0.717) is 27.9 Å². The van der Waals surface area contributed by atoms with Crippen LogP contribution in [0.2, 0.25) is 0 Å². The summed E-state index contributed by atoms with van der Waals surface area (Å²) in [5, 5.41) is 7.17. The van der Waals surface area contributed by atoms with Gasteiger partial charge < -0.3 is 15.0 Å². The quantitative estimate of drug-likeness (QED) is 0.290. The number of benzene rings is 3. The molecule has 0 spiro atoms.